The zero-order chi connectivity index (χ0) is 13.8. The Morgan fingerprint density at radius 2 is 1.56 bits per heavy atom. The Balaban J connectivity index is 2.91. The first-order valence-corrected chi connectivity index (χ1v) is 9.11. The molecule has 0 radical (unpaired) electrons. The molecule has 0 aliphatic rings. The van der Waals surface area contributed by atoms with Gasteiger partial charge in [-0.3, -0.25) is 0 Å². The first-order valence-electron chi connectivity index (χ1n) is 5.32. The summed E-state index contributed by atoms with van der Waals surface area (Å²) in [6, 6.07) is 4.75. The fourth-order valence-corrected chi connectivity index (χ4v) is 3.09. The van der Waals surface area contributed by atoms with Gasteiger partial charge in [0.15, 0.2) is 0 Å². The molecule has 8 heteroatoms. The summed E-state index contributed by atoms with van der Waals surface area (Å²) in [6.45, 7) is 2.31. The number of sulfonamides is 1. The van der Waals surface area contributed by atoms with Crippen LogP contribution in [0.5, 0.6) is 0 Å². The Hall–Kier alpha value is -0.630. The molecule has 0 amide bonds. The second-order valence-corrected chi connectivity index (χ2v) is 7.99. The lowest BCUT2D eigenvalue weighted by atomic mass is 10.3. The molecule has 0 saturated heterocycles. The van der Waals surface area contributed by atoms with Gasteiger partial charge in [0.2, 0.25) is 10.0 Å². The van der Waals surface area contributed by atoms with Crippen molar-refractivity contribution < 1.29 is 16.8 Å². The Bertz CT molecular complexity index is 593. The molecule has 0 bridgehead atoms. The van der Waals surface area contributed by atoms with Crippen molar-refractivity contribution in [2.24, 2.45) is 0 Å². The van der Waals surface area contributed by atoms with Gasteiger partial charge in [0.1, 0.15) is 0 Å². The van der Waals surface area contributed by atoms with E-state index in [0.717, 1.165) is 25.0 Å². The van der Waals surface area contributed by atoms with Crippen molar-refractivity contribution in [3.8, 4) is 0 Å². The van der Waals surface area contributed by atoms with Crippen molar-refractivity contribution in [1.29, 1.82) is 0 Å². The fraction of sp³-hybridized carbons (Fsp3) is 0.400. The summed E-state index contributed by atoms with van der Waals surface area (Å²) in [7, 11) is -2.28. The fourth-order valence-electron chi connectivity index (χ4n) is 1.25. The van der Waals surface area contributed by atoms with Crippen LogP contribution in [0, 0.1) is 0 Å². The van der Waals surface area contributed by atoms with E-state index in [-0.39, 0.29) is 9.79 Å². The number of hydrogen-bond acceptors (Lipinski definition) is 4. The Labute approximate surface area is 112 Å². The number of unbranched alkanes of at least 4 members (excludes halogenated alkanes) is 1. The lowest BCUT2D eigenvalue weighted by molar-refractivity contribution is 0.578. The van der Waals surface area contributed by atoms with E-state index in [9.17, 15) is 16.8 Å². The molecule has 0 fully saturated rings. The van der Waals surface area contributed by atoms with E-state index in [1.165, 1.54) is 12.1 Å². The van der Waals surface area contributed by atoms with Crippen LogP contribution < -0.4 is 4.72 Å². The molecule has 0 spiro atoms. The van der Waals surface area contributed by atoms with Crippen LogP contribution in [0.1, 0.15) is 19.8 Å². The summed E-state index contributed by atoms with van der Waals surface area (Å²) in [4.78, 5) is -0.112. The summed E-state index contributed by atoms with van der Waals surface area (Å²) in [6.07, 6.45) is 1.62. The van der Waals surface area contributed by atoms with Gasteiger partial charge >= 0.3 is 0 Å². The summed E-state index contributed by atoms with van der Waals surface area (Å²) in [5.74, 6) is 0. The van der Waals surface area contributed by atoms with Crippen molar-refractivity contribution in [3.05, 3.63) is 24.3 Å². The maximum Gasteiger partial charge on any atom is 0.261 e. The smallest absolute Gasteiger partial charge is 0.211 e. The molecule has 1 aromatic carbocycles. The summed E-state index contributed by atoms with van der Waals surface area (Å²) >= 11 is 0. The minimum Gasteiger partial charge on any atom is -0.211 e. The van der Waals surface area contributed by atoms with Crippen LogP contribution in [-0.2, 0) is 19.1 Å². The predicted octanol–water partition coefficient (Wildman–Crippen LogP) is 1.69. The molecule has 0 aliphatic carbocycles. The zero-order valence-electron chi connectivity index (χ0n) is 9.76. The maximum atomic E-state index is 11.8. The summed E-state index contributed by atoms with van der Waals surface area (Å²) in [5, 5.41) is 0. The molecular formula is C10H14ClNO4S2. The van der Waals surface area contributed by atoms with E-state index in [0.29, 0.717) is 6.54 Å². The quantitative estimate of drug-likeness (QED) is 0.640. The molecule has 102 valence electrons. The van der Waals surface area contributed by atoms with E-state index in [4.69, 9.17) is 10.7 Å². The number of nitrogens with one attached hydrogen (secondary N) is 1. The minimum absolute atomic E-state index is 0.0164. The van der Waals surface area contributed by atoms with Crippen LogP contribution in [0.25, 0.3) is 0 Å². The zero-order valence-corrected chi connectivity index (χ0v) is 12.1. The third-order valence-corrected chi connectivity index (χ3v) is 5.08. The molecule has 0 unspecified atom stereocenters. The van der Waals surface area contributed by atoms with Crippen molar-refractivity contribution in [2.45, 2.75) is 29.6 Å². The third-order valence-electron chi connectivity index (χ3n) is 2.24. The molecule has 0 atom stereocenters. The molecular weight excluding hydrogens is 298 g/mol. The molecule has 0 aromatic heterocycles. The van der Waals surface area contributed by atoms with Crippen molar-refractivity contribution in [2.75, 3.05) is 6.54 Å². The van der Waals surface area contributed by atoms with E-state index in [1.807, 2.05) is 6.92 Å². The SMILES string of the molecule is CCCCNS(=O)(=O)c1ccc(S(=O)(=O)Cl)cc1. The van der Waals surface area contributed by atoms with Crippen LogP contribution in [0.2, 0.25) is 0 Å². The minimum atomic E-state index is -3.83. The Kier molecular flexibility index (Phi) is 5.15. The second kappa shape index (κ2) is 6.01. The van der Waals surface area contributed by atoms with Crippen molar-refractivity contribution in [1.82, 2.24) is 4.72 Å². The van der Waals surface area contributed by atoms with E-state index >= 15 is 0 Å². The molecule has 0 aliphatic heterocycles. The van der Waals surface area contributed by atoms with Gasteiger partial charge in [-0.25, -0.2) is 21.6 Å². The number of rotatable bonds is 6. The number of halogens is 1. The van der Waals surface area contributed by atoms with Crippen molar-refractivity contribution in [3.63, 3.8) is 0 Å². The highest BCUT2D eigenvalue weighted by atomic mass is 35.7. The van der Waals surface area contributed by atoms with Gasteiger partial charge in [0, 0.05) is 17.2 Å². The highest BCUT2D eigenvalue weighted by molar-refractivity contribution is 8.13. The van der Waals surface area contributed by atoms with Crippen LogP contribution in [0.3, 0.4) is 0 Å². The highest BCUT2D eigenvalue weighted by Crippen LogP contribution is 2.17. The molecule has 5 nitrogen and oxygen atoms in total. The van der Waals surface area contributed by atoms with E-state index in [1.54, 1.807) is 0 Å². The van der Waals surface area contributed by atoms with Gasteiger partial charge in [0.05, 0.1) is 9.79 Å². The number of hydrogen-bond donors (Lipinski definition) is 1. The average molecular weight is 312 g/mol. The van der Waals surface area contributed by atoms with Gasteiger partial charge in [-0.2, -0.15) is 0 Å². The van der Waals surface area contributed by atoms with Gasteiger partial charge in [-0.1, -0.05) is 13.3 Å². The van der Waals surface area contributed by atoms with Gasteiger partial charge in [-0.05, 0) is 30.7 Å². The summed E-state index contributed by atoms with van der Waals surface area (Å²) < 4.78 is 48.0. The number of benzene rings is 1. The molecule has 18 heavy (non-hydrogen) atoms. The Morgan fingerprint density at radius 3 is 2.00 bits per heavy atom. The van der Waals surface area contributed by atoms with Gasteiger partial charge < -0.3 is 0 Å². The topological polar surface area (TPSA) is 80.3 Å². The normalized spacial score (nSPS) is 12.6. The first-order chi connectivity index (χ1) is 8.27. The van der Waals surface area contributed by atoms with Crippen LogP contribution in [-0.4, -0.2) is 23.4 Å². The molecule has 0 heterocycles. The molecule has 1 aromatic rings. The molecule has 0 saturated carbocycles. The van der Waals surface area contributed by atoms with Crippen molar-refractivity contribution >= 4 is 29.8 Å². The lowest BCUT2D eigenvalue weighted by Gasteiger charge is -2.06. The van der Waals surface area contributed by atoms with Gasteiger partial charge in [0.25, 0.3) is 9.05 Å². The second-order valence-electron chi connectivity index (χ2n) is 3.66. The largest absolute Gasteiger partial charge is 0.261 e. The lowest BCUT2D eigenvalue weighted by Crippen LogP contribution is -2.24. The standard InChI is InChI=1S/C10H14ClNO4S2/c1-2-3-8-12-18(15,16)10-6-4-9(5-7-10)17(11,13)14/h4-7,12H,2-3,8H2,1H3. The predicted molar refractivity (Wildman–Crippen MR) is 69.6 cm³/mol. The maximum absolute atomic E-state index is 11.8. The average Bonchev–Trinajstić information content (AvgIpc) is 2.28. The van der Waals surface area contributed by atoms with Crippen LogP contribution in [0.15, 0.2) is 34.1 Å². The van der Waals surface area contributed by atoms with Crippen LogP contribution in [0.4, 0.5) is 0 Å². The first kappa shape index (κ1) is 15.4. The molecule has 1 N–H and O–H groups in total. The van der Waals surface area contributed by atoms with E-state index < -0.39 is 19.1 Å². The van der Waals surface area contributed by atoms with Gasteiger partial charge in [-0.15, -0.1) is 0 Å². The highest BCUT2D eigenvalue weighted by Gasteiger charge is 2.15. The summed E-state index contributed by atoms with van der Waals surface area (Å²) in [5.41, 5.74) is 0. The van der Waals surface area contributed by atoms with E-state index in [2.05, 4.69) is 4.72 Å². The monoisotopic (exact) mass is 311 g/mol. The van der Waals surface area contributed by atoms with Crippen LogP contribution >= 0.6 is 10.7 Å². The Morgan fingerprint density at radius 1 is 1.06 bits per heavy atom. The molecule has 1 rings (SSSR count). The third kappa shape index (κ3) is 4.24.